The first kappa shape index (κ1) is 14.1. The lowest BCUT2D eigenvalue weighted by molar-refractivity contribution is 0.0698. The van der Waals surface area contributed by atoms with Crippen molar-refractivity contribution in [3.8, 4) is 0 Å². The van der Waals surface area contributed by atoms with Gasteiger partial charge >= 0.3 is 5.97 Å². The van der Waals surface area contributed by atoms with Gasteiger partial charge < -0.3 is 15.0 Å². The summed E-state index contributed by atoms with van der Waals surface area (Å²) in [5, 5.41) is 14.1. The Labute approximate surface area is 124 Å². The molecule has 0 unspecified atom stereocenters. The smallest absolute Gasteiger partial charge is 0.337 e. The molecule has 1 heterocycles. The quantitative estimate of drug-likeness (QED) is 0.886. The maximum Gasteiger partial charge on any atom is 0.337 e. The van der Waals surface area contributed by atoms with Gasteiger partial charge in [-0.2, -0.15) is 0 Å². The molecule has 0 spiro atoms. The van der Waals surface area contributed by atoms with Crippen LogP contribution in [0.4, 0.5) is 0 Å². The highest BCUT2D eigenvalue weighted by Crippen LogP contribution is 2.26. The van der Waals surface area contributed by atoms with E-state index in [1.165, 1.54) is 31.2 Å². The van der Waals surface area contributed by atoms with Crippen LogP contribution < -0.4 is 5.32 Å². The molecule has 0 bridgehead atoms. The first-order chi connectivity index (χ1) is 10.2. The highest BCUT2D eigenvalue weighted by atomic mass is 16.4. The van der Waals surface area contributed by atoms with E-state index in [9.17, 15) is 9.90 Å². The van der Waals surface area contributed by atoms with E-state index in [4.69, 9.17) is 0 Å². The molecule has 1 aliphatic carbocycles. The van der Waals surface area contributed by atoms with Crippen LogP contribution in [0.2, 0.25) is 0 Å². The Morgan fingerprint density at radius 1 is 1.38 bits per heavy atom. The van der Waals surface area contributed by atoms with E-state index in [1.807, 2.05) is 23.6 Å². The number of nitrogens with one attached hydrogen (secondary N) is 1. The molecule has 21 heavy (non-hydrogen) atoms. The summed E-state index contributed by atoms with van der Waals surface area (Å²) in [6.45, 7) is 3.65. The van der Waals surface area contributed by atoms with Crippen molar-refractivity contribution >= 4 is 16.9 Å². The standard InChI is InChI=1S/C17H22N2O2/c1-2-19-11-12(10-18-13-6-3-4-7-13)14-8-5-9-15(16(14)19)17(20)21/h5,8-9,11,13,18H,2-4,6-7,10H2,1H3,(H,20,21). The summed E-state index contributed by atoms with van der Waals surface area (Å²) < 4.78 is 2.05. The molecule has 4 heteroatoms. The zero-order chi connectivity index (χ0) is 14.8. The van der Waals surface area contributed by atoms with Crippen molar-refractivity contribution in [2.45, 2.75) is 51.7 Å². The molecule has 4 nitrogen and oxygen atoms in total. The Morgan fingerprint density at radius 3 is 2.81 bits per heavy atom. The first-order valence-electron chi connectivity index (χ1n) is 7.78. The first-order valence-corrected chi connectivity index (χ1v) is 7.78. The third-order valence-corrected chi connectivity index (χ3v) is 4.49. The number of carboxylic acid groups (broad SMARTS) is 1. The van der Waals surface area contributed by atoms with Gasteiger partial charge in [0.25, 0.3) is 0 Å². The van der Waals surface area contributed by atoms with E-state index in [0.29, 0.717) is 11.6 Å². The fourth-order valence-corrected chi connectivity index (χ4v) is 3.38. The van der Waals surface area contributed by atoms with E-state index in [2.05, 4.69) is 11.5 Å². The Bertz CT molecular complexity index is 654. The third-order valence-electron chi connectivity index (χ3n) is 4.49. The normalized spacial score (nSPS) is 15.9. The average molecular weight is 286 g/mol. The number of para-hydroxylation sites is 1. The van der Waals surface area contributed by atoms with E-state index in [1.54, 1.807) is 6.07 Å². The molecule has 1 fully saturated rings. The molecule has 0 radical (unpaired) electrons. The number of carbonyl (C=O) groups is 1. The fraction of sp³-hybridized carbons (Fsp3) is 0.471. The third kappa shape index (κ3) is 2.68. The molecule has 0 amide bonds. The topological polar surface area (TPSA) is 54.3 Å². The molecule has 2 aromatic rings. The summed E-state index contributed by atoms with van der Waals surface area (Å²) in [7, 11) is 0. The van der Waals surface area contributed by atoms with E-state index < -0.39 is 5.97 Å². The molecular weight excluding hydrogens is 264 g/mol. The number of aryl methyl sites for hydroxylation is 1. The van der Waals surface area contributed by atoms with E-state index in [0.717, 1.165) is 24.0 Å². The second kappa shape index (κ2) is 5.90. The highest BCUT2D eigenvalue weighted by Gasteiger charge is 2.18. The lowest BCUT2D eigenvalue weighted by Crippen LogP contribution is -2.25. The van der Waals surface area contributed by atoms with Gasteiger partial charge in [0, 0.05) is 30.7 Å². The van der Waals surface area contributed by atoms with Crippen LogP contribution in [0.5, 0.6) is 0 Å². The summed E-state index contributed by atoms with van der Waals surface area (Å²) in [5.74, 6) is -0.858. The number of carboxylic acids is 1. The summed E-state index contributed by atoms with van der Waals surface area (Å²) in [5.41, 5.74) is 2.43. The summed E-state index contributed by atoms with van der Waals surface area (Å²) in [4.78, 5) is 11.4. The number of aromatic nitrogens is 1. The average Bonchev–Trinajstić information content (AvgIpc) is 3.12. The van der Waals surface area contributed by atoms with Crippen molar-refractivity contribution in [2.24, 2.45) is 0 Å². The zero-order valence-corrected chi connectivity index (χ0v) is 12.4. The molecule has 112 valence electrons. The molecule has 0 saturated heterocycles. The maximum atomic E-state index is 11.4. The number of hydrogen-bond donors (Lipinski definition) is 2. The lowest BCUT2D eigenvalue weighted by Gasteiger charge is -2.10. The van der Waals surface area contributed by atoms with Crippen LogP contribution in [0, 0.1) is 0 Å². The number of nitrogens with zero attached hydrogens (tertiary/aromatic N) is 1. The molecule has 0 atom stereocenters. The van der Waals surface area contributed by atoms with Gasteiger partial charge in [-0.1, -0.05) is 25.0 Å². The molecule has 0 aliphatic heterocycles. The van der Waals surface area contributed by atoms with Crippen molar-refractivity contribution in [1.82, 2.24) is 9.88 Å². The van der Waals surface area contributed by atoms with Gasteiger partial charge in [0.1, 0.15) is 0 Å². The van der Waals surface area contributed by atoms with Crippen molar-refractivity contribution in [1.29, 1.82) is 0 Å². The van der Waals surface area contributed by atoms with Crippen LogP contribution >= 0.6 is 0 Å². The molecule has 1 saturated carbocycles. The molecule has 2 N–H and O–H groups in total. The molecule has 3 rings (SSSR count). The largest absolute Gasteiger partial charge is 0.478 e. The number of rotatable bonds is 5. The lowest BCUT2D eigenvalue weighted by atomic mass is 10.1. The summed E-state index contributed by atoms with van der Waals surface area (Å²) in [6, 6.07) is 6.17. The van der Waals surface area contributed by atoms with Gasteiger partial charge in [0.15, 0.2) is 0 Å². The van der Waals surface area contributed by atoms with Crippen LogP contribution in [-0.2, 0) is 13.1 Å². The van der Waals surface area contributed by atoms with Crippen molar-refractivity contribution in [3.63, 3.8) is 0 Å². The second-order valence-corrected chi connectivity index (χ2v) is 5.81. The highest BCUT2D eigenvalue weighted by molar-refractivity contribution is 6.03. The number of aromatic carboxylic acids is 1. The van der Waals surface area contributed by atoms with Crippen LogP contribution in [0.15, 0.2) is 24.4 Å². The molecule has 1 aliphatic rings. The van der Waals surface area contributed by atoms with E-state index in [-0.39, 0.29) is 0 Å². The second-order valence-electron chi connectivity index (χ2n) is 5.81. The number of hydrogen-bond acceptors (Lipinski definition) is 2. The SMILES string of the molecule is CCn1cc(CNC2CCCC2)c2cccc(C(=O)O)c21. The number of benzene rings is 1. The van der Waals surface area contributed by atoms with Crippen LogP contribution in [0.3, 0.4) is 0 Å². The van der Waals surface area contributed by atoms with Gasteiger partial charge in [-0.15, -0.1) is 0 Å². The Morgan fingerprint density at radius 2 is 2.14 bits per heavy atom. The predicted octanol–water partition coefficient (Wildman–Crippen LogP) is 3.39. The maximum absolute atomic E-state index is 11.4. The van der Waals surface area contributed by atoms with Gasteiger partial charge in [-0.25, -0.2) is 4.79 Å². The van der Waals surface area contributed by atoms with Crippen molar-refractivity contribution in [3.05, 3.63) is 35.5 Å². The Kier molecular flexibility index (Phi) is 3.97. The van der Waals surface area contributed by atoms with Gasteiger partial charge in [0.2, 0.25) is 0 Å². The Hall–Kier alpha value is -1.81. The van der Waals surface area contributed by atoms with Crippen LogP contribution in [0.1, 0.15) is 48.5 Å². The minimum atomic E-state index is -0.858. The summed E-state index contributed by atoms with van der Waals surface area (Å²) in [6.07, 6.45) is 7.24. The fourth-order valence-electron chi connectivity index (χ4n) is 3.38. The van der Waals surface area contributed by atoms with Gasteiger partial charge in [-0.05, 0) is 31.4 Å². The van der Waals surface area contributed by atoms with Crippen molar-refractivity contribution < 1.29 is 9.90 Å². The predicted molar refractivity (Wildman–Crippen MR) is 83.7 cm³/mol. The minimum Gasteiger partial charge on any atom is -0.478 e. The van der Waals surface area contributed by atoms with Crippen LogP contribution in [0.25, 0.3) is 10.9 Å². The van der Waals surface area contributed by atoms with Crippen LogP contribution in [-0.4, -0.2) is 21.7 Å². The minimum absolute atomic E-state index is 0.390. The van der Waals surface area contributed by atoms with E-state index >= 15 is 0 Å². The monoisotopic (exact) mass is 286 g/mol. The molecular formula is C17H22N2O2. The zero-order valence-electron chi connectivity index (χ0n) is 12.4. The van der Waals surface area contributed by atoms with Crippen molar-refractivity contribution in [2.75, 3.05) is 0 Å². The summed E-state index contributed by atoms with van der Waals surface area (Å²) >= 11 is 0. The number of fused-ring (bicyclic) bond motifs is 1. The molecule has 1 aromatic carbocycles. The molecule has 1 aromatic heterocycles. The van der Waals surface area contributed by atoms with Gasteiger partial charge in [-0.3, -0.25) is 0 Å². The van der Waals surface area contributed by atoms with Gasteiger partial charge in [0.05, 0.1) is 11.1 Å². The Balaban J connectivity index is 1.95.